The van der Waals surface area contributed by atoms with Gasteiger partial charge in [0.25, 0.3) is 0 Å². The zero-order valence-corrected chi connectivity index (χ0v) is 9.48. The molecule has 2 heterocycles. The van der Waals surface area contributed by atoms with Crippen molar-refractivity contribution in [3.05, 3.63) is 35.0 Å². The Balaban J connectivity index is 2.00. The van der Waals surface area contributed by atoms with E-state index in [1.807, 2.05) is 0 Å². The summed E-state index contributed by atoms with van der Waals surface area (Å²) in [5.41, 5.74) is 0.989. The number of fused-ring (bicyclic) bond motifs is 1. The Bertz CT molecular complexity index is 481. The van der Waals surface area contributed by atoms with Crippen molar-refractivity contribution in [2.75, 3.05) is 11.9 Å². The lowest BCUT2D eigenvalue weighted by Gasteiger charge is -2.10. The molecule has 0 spiro atoms. The van der Waals surface area contributed by atoms with Gasteiger partial charge in [-0.15, -0.1) is 11.3 Å². The number of hydrogen-bond donors (Lipinski definition) is 1. The molecule has 3 rings (SSSR count). The van der Waals surface area contributed by atoms with E-state index in [4.69, 9.17) is 0 Å². The lowest BCUT2D eigenvalue weighted by atomic mass is 10.2. The topological polar surface area (TPSA) is 24.9 Å². The van der Waals surface area contributed by atoms with Gasteiger partial charge in [-0.3, -0.25) is 0 Å². The summed E-state index contributed by atoms with van der Waals surface area (Å²) in [7, 11) is 0. The maximum atomic E-state index is 12.8. The van der Waals surface area contributed by atoms with Crippen molar-refractivity contribution in [2.45, 2.75) is 12.8 Å². The lowest BCUT2D eigenvalue weighted by molar-refractivity contribution is 0.628. The summed E-state index contributed by atoms with van der Waals surface area (Å²) in [4.78, 5) is 5.85. The maximum absolute atomic E-state index is 12.8. The van der Waals surface area contributed by atoms with Crippen LogP contribution < -0.4 is 5.32 Å². The molecule has 0 atom stereocenters. The average molecular weight is 234 g/mol. The molecule has 2 nitrogen and oxygen atoms in total. The number of hydrogen-bond acceptors (Lipinski definition) is 3. The quantitative estimate of drug-likeness (QED) is 0.818. The first-order valence-corrected chi connectivity index (χ1v) is 6.14. The predicted molar refractivity (Wildman–Crippen MR) is 64.3 cm³/mol. The second-order valence-electron chi connectivity index (χ2n) is 3.83. The Morgan fingerprint density at radius 2 is 2.06 bits per heavy atom. The fraction of sp³-hybridized carbons (Fsp3) is 0.250. The molecule has 82 valence electrons. The van der Waals surface area contributed by atoms with E-state index in [1.165, 1.54) is 17.0 Å². The largest absolute Gasteiger partial charge is 0.369 e. The second kappa shape index (κ2) is 3.87. The van der Waals surface area contributed by atoms with Gasteiger partial charge in [-0.1, -0.05) is 0 Å². The van der Waals surface area contributed by atoms with Crippen molar-refractivity contribution in [1.29, 1.82) is 0 Å². The molecule has 0 bridgehead atoms. The SMILES string of the molecule is Fc1ccc(-c2nc3c(s2)CCCN3)cc1. The molecular weight excluding hydrogens is 223 g/mol. The van der Waals surface area contributed by atoms with E-state index in [-0.39, 0.29) is 5.82 Å². The van der Waals surface area contributed by atoms with Crippen LogP contribution in [0.2, 0.25) is 0 Å². The molecule has 1 aromatic carbocycles. The number of rotatable bonds is 1. The van der Waals surface area contributed by atoms with E-state index >= 15 is 0 Å². The van der Waals surface area contributed by atoms with Gasteiger partial charge in [0.05, 0.1) is 0 Å². The summed E-state index contributed by atoms with van der Waals surface area (Å²) < 4.78 is 12.8. The van der Waals surface area contributed by atoms with Crippen molar-refractivity contribution in [2.24, 2.45) is 0 Å². The molecule has 2 aromatic rings. The Morgan fingerprint density at radius 1 is 1.25 bits per heavy atom. The van der Waals surface area contributed by atoms with Crippen molar-refractivity contribution < 1.29 is 4.39 Å². The molecule has 1 N–H and O–H groups in total. The van der Waals surface area contributed by atoms with Crippen LogP contribution in [0.3, 0.4) is 0 Å². The minimum Gasteiger partial charge on any atom is -0.369 e. The Hall–Kier alpha value is -1.42. The minimum atomic E-state index is -0.205. The number of nitrogens with zero attached hydrogens (tertiary/aromatic N) is 1. The molecule has 0 radical (unpaired) electrons. The van der Waals surface area contributed by atoms with E-state index < -0.39 is 0 Å². The van der Waals surface area contributed by atoms with E-state index in [9.17, 15) is 4.39 Å². The summed E-state index contributed by atoms with van der Waals surface area (Å²) >= 11 is 1.70. The third kappa shape index (κ3) is 1.69. The Labute approximate surface area is 97.2 Å². The van der Waals surface area contributed by atoms with Gasteiger partial charge >= 0.3 is 0 Å². The monoisotopic (exact) mass is 234 g/mol. The fourth-order valence-electron chi connectivity index (χ4n) is 1.83. The number of nitrogens with one attached hydrogen (secondary N) is 1. The first kappa shape index (κ1) is 9.78. The van der Waals surface area contributed by atoms with Crippen LogP contribution in [-0.2, 0) is 6.42 Å². The van der Waals surface area contributed by atoms with Crippen LogP contribution in [0, 0.1) is 5.82 Å². The predicted octanol–water partition coefficient (Wildman–Crippen LogP) is 3.31. The standard InChI is InChI=1S/C12H11FN2S/c13-9-5-3-8(4-6-9)12-15-11-10(16-12)2-1-7-14-11/h3-6,14H,1-2,7H2. The first-order valence-electron chi connectivity index (χ1n) is 5.32. The van der Waals surface area contributed by atoms with Gasteiger partial charge in [0.15, 0.2) is 0 Å². The van der Waals surface area contributed by atoms with Crippen LogP contribution in [-0.4, -0.2) is 11.5 Å². The Kier molecular flexibility index (Phi) is 2.36. The first-order chi connectivity index (χ1) is 7.83. The van der Waals surface area contributed by atoms with Crippen LogP contribution in [0.15, 0.2) is 24.3 Å². The number of benzene rings is 1. The molecule has 0 aliphatic carbocycles. The number of anilines is 1. The van der Waals surface area contributed by atoms with Crippen molar-refractivity contribution in [3.63, 3.8) is 0 Å². The van der Waals surface area contributed by atoms with Gasteiger partial charge in [-0.2, -0.15) is 0 Å². The van der Waals surface area contributed by atoms with Gasteiger partial charge in [0.1, 0.15) is 16.6 Å². The van der Waals surface area contributed by atoms with E-state index in [0.717, 1.165) is 35.8 Å². The van der Waals surface area contributed by atoms with Gasteiger partial charge in [0, 0.05) is 17.0 Å². The third-order valence-electron chi connectivity index (χ3n) is 2.66. The summed E-state index contributed by atoms with van der Waals surface area (Å²) in [6, 6.07) is 6.51. The van der Waals surface area contributed by atoms with Crippen molar-refractivity contribution >= 4 is 17.2 Å². The minimum absolute atomic E-state index is 0.205. The van der Waals surface area contributed by atoms with Crippen LogP contribution in [0.5, 0.6) is 0 Å². The van der Waals surface area contributed by atoms with Crippen LogP contribution in [0.1, 0.15) is 11.3 Å². The molecule has 1 aliphatic rings. The highest BCUT2D eigenvalue weighted by Crippen LogP contribution is 2.33. The molecule has 0 amide bonds. The number of halogens is 1. The second-order valence-corrected chi connectivity index (χ2v) is 4.91. The third-order valence-corrected chi connectivity index (χ3v) is 3.83. The van der Waals surface area contributed by atoms with E-state index in [2.05, 4.69) is 10.3 Å². The van der Waals surface area contributed by atoms with Crippen LogP contribution in [0.25, 0.3) is 10.6 Å². The summed E-state index contributed by atoms with van der Waals surface area (Å²) in [5.74, 6) is 0.804. The number of aromatic nitrogens is 1. The maximum Gasteiger partial charge on any atom is 0.140 e. The van der Waals surface area contributed by atoms with Crippen molar-refractivity contribution in [3.8, 4) is 10.6 Å². The summed E-state index contributed by atoms with van der Waals surface area (Å²) in [6.45, 7) is 1.000. The van der Waals surface area contributed by atoms with Crippen LogP contribution in [0.4, 0.5) is 10.2 Å². The normalized spacial score (nSPS) is 14.3. The molecule has 0 saturated carbocycles. The summed E-state index contributed by atoms with van der Waals surface area (Å²) in [5, 5.41) is 4.26. The number of thiazole rings is 1. The molecule has 0 unspecified atom stereocenters. The Morgan fingerprint density at radius 3 is 2.81 bits per heavy atom. The highest BCUT2D eigenvalue weighted by Gasteiger charge is 2.15. The smallest absolute Gasteiger partial charge is 0.140 e. The van der Waals surface area contributed by atoms with Gasteiger partial charge in [-0.05, 0) is 37.1 Å². The zero-order valence-electron chi connectivity index (χ0n) is 8.66. The number of aryl methyl sites for hydroxylation is 1. The molecule has 4 heteroatoms. The highest BCUT2D eigenvalue weighted by atomic mass is 32.1. The van der Waals surface area contributed by atoms with Gasteiger partial charge in [-0.25, -0.2) is 9.37 Å². The summed E-state index contributed by atoms with van der Waals surface area (Å²) in [6.07, 6.45) is 2.26. The van der Waals surface area contributed by atoms with Crippen molar-refractivity contribution in [1.82, 2.24) is 4.98 Å². The van der Waals surface area contributed by atoms with Gasteiger partial charge in [0.2, 0.25) is 0 Å². The molecule has 0 saturated heterocycles. The average Bonchev–Trinajstić information content (AvgIpc) is 2.73. The molecule has 0 fully saturated rings. The van der Waals surface area contributed by atoms with Gasteiger partial charge < -0.3 is 5.32 Å². The fourth-order valence-corrected chi connectivity index (χ4v) is 2.92. The van der Waals surface area contributed by atoms with Crippen LogP contribution >= 0.6 is 11.3 Å². The van der Waals surface area contributed by atoms with E-state index in [1.54, 1.807) is 23.5 Å². The lowest BCUT2D eigenvalue weighted by Crippen LogP contribution is -2.09. The molecule has 16 heavy (non-hydrogen) atoms. The zero-order chi connectivity index (χ0) is 11.0. The molecule has 1 aromatic heterocycles. The molecular formula is C12H11FN2S. The highest BCUT2D eigenvalue weighted by molar-refractivity contribution is 7.15. The van der Waals surface area contributed by atoms with E-state index in [0.29, 0.717) is 0 Å². The molecule has 1 aliphatic heterocycles.